The van der Waals surface area contributed by atoms with Gasteiger partial charge in [-0.3, -0.25) is 0 Å². The van der Waals surface area contributed by atoms with Crippen molar-refractivity contribution >= 4 is 13.9 Å². The first-order chi connectivity index (χ1) is 7.27. The molecule has 0 aromatic heterocycles. The molecule has 1 aliphatic carbocycles. The SMILES string of the molecule is Cc1cccc(PC2CCCCC2)c1C. The molecule has 1 unspecified atom stereocenters. The summed E-state index contributed by atoms with van der Waals surface area (Å²) >= 11 is 0. The average Bonchev–Trinajstić information content (AvgIpc) is 2.26. The van der Waals surface area contributed by atoms with Gasteiger partial charge in [-0.25, -0.2) is 0 Å². The zero-order valence-electron chi connectivity index (χ0n) is 9.84. The molecule has 0 heterocycles. The van der Waals surface area contributed by atoms with Gasteiger partial charge in [-0.2, -0.15) is 0 Å². The van der Waals surface area contributed by atoms with Crippen molar-refractivity contribution in [3.63, 3.8) is 0 Å². The lowest BCUT2D eigenvalue weighted by Gasteiger charge is -2.22. The first-order valence-corrected chi connectivity index (χ1v) is 7.18. The van der Waals surface area contributed by atoms with Gasteiger partial charge in [-0.05, 0) is 48.8 Å². The second-order valence-corrected chi connectivity index (χ2v) is 6.37. The van der Waals surface area contributed by atoms with Crippen molar-refractivity contribution in [2.75, 3.05) is 0 Å². The summed E-state index contributed by atoms with van der Waals surface area (Å²) in [7, 11) is 1.05. The van der Waals surface area contributed by atoms with Crippen molar-refractivity contribution in [2.45, 2.75) is 51.6 Å². The van der Waals surface area contributed by atoms with Crippen LogP contribution in [0.15, 0.2) is 18.2 Å². The van der Waals surface area contributed by atoms with Crippen LogP contribution >= 0.6 is 8.58 Å². The van der Waals surface area contributed by atoms with Crippen LogP contribution in [0, 0.1) is 13.8 Å². The van der Waals surface area contributed by atoms with Crippen molar-refractivity contribution in [1.29, 1.82) is 0 Å². The summed E-state index contributed by atoms with van der Waals surface area (Å²) in [5, 5.41) is 1.61. The Labute approximate surface area is 95.3 Å². The Hall–Kier alpha value is -0.350. The van der Waals surface area contributed by atoms with E-state index in [4.69, 9.17) is 0 Å². The number of benzene rings is 1. The summed E-state index contributed by atoms with van der Waals surface area (Å²) in [6.45, 7) is 4.50. The van der Waals surface area contributed by atoms with Gasteiger partial charge in [0.2, 0.25) is 0 Å². The molecule has 0 aliphatic heterocycles. The van der Waals surface area contributed by atoms with Crippen molar-refractivity contribution in [3.05, 3.63) is 29.3 Å². The number of rotatable bonds is 2. The second-order valence-electron chi connectivity index (χ2n) is 4.73. The first-order valence-electron chi connectivity index (χ1n) is 6.10. The molecule has 0 N–H and O–H groups in total. The van der Waals surface area contributed by atoms with Gasteiger partial charge >= 0.3 is 0 Å². The topological polar surface area (TPSA) is 0 Å². The van der Waals surface area contributed by atoms with E-state index in [-0.39, 0.29) is 0 Å². The summed E-state index contributed by atoms with van der Waals surface area (Å²) in [6, 6.07) is 6.77. The Bertz CT molecular complexity index is 324. The average molecular weight is 220 g/mol. The second kappa shape index (κ2) is 5.12. The predicted molar refractivity (Wildman–Crippen MR) is 70.7 cm³/mol. The van der Waals surface area contributed by atoms with Crippen LogP contribution in [0.1, 0.15) is 43.2 Å². The van der Waals surface area contributed by atoms with E-state index in [2.05, 4.69) is 32.0 Å². The normalized spacial score (nSPS) is 18.8. The van der Waals surface area contributed by atoms with E-state index < -0.39 is 0 Å². The van der Waals surface area contributed by atoms with Crippen LogP contribution in [-0.4, -0.2) is 5.66 Å². The molecule has 1 saturated carbocycles. The van der Waals surface area contributed by atoms with E-state index in [0.717, 1.165) is 14.2 Å². The van der Waals surface area contributed by atoms with Gasteiger partial charge in [0.1, 0.15) is 0 Å². The smallest absolute Gasteiger partial charge is 0.0196 e. The lowest BCUT2D eigenvalue weighted by molar-refractivity contribution is 0.514. The van der Waals surface area contributed by atoms with Crippen LogP contribution in [-0.2, 0) is 0 Å². The van der Waals surface area contributed by atoms with Gasteiger partial charge in [0.15, 0.2) is 0 Å². The molecule has 0 nitrogen and oxygen atoms in total. The van der Waals surface area contributed by atoms with E-state index in [1.807, 2.05) is 0 Å². The molecule has 0 spiro atoms. The van der Waals surface area contributed by atoms with Crippen molar-refractivity contribution in [3.8, 4) is 0 Å². The third-order valence-electron chi connectivity index (χ3n) is 3.57. The number of hydrogen-bond donors (Lipinski definition) is 0. The highest BCUT2D eigenvalue weighted by Gasteiger charge is 2.14. The van der Waals surface area contributed by atoms with Crippen molar-refractivity contribution in [2.24, 2.45) is 0 Å². The zero-order valence-corrected chi connectivity index (χ0v) is 10.8. The lowest BCUT2D eigenvalue weighted by Crippen LogP contribution is -2.13. The molecular formula is C14H21P. The van der Waals surface area contributed by atoms with Crippen LogP contribution in [0.25, 0.3) is 0 Å². The Morgan fingerprint density at radius 3 is 2.53 bits per heavy atom. The standard InChI is InChI=1S/C14H21P/c1-11-7-6-10-14(12(11)2)15-13-8-4-3-5-9-13/h6-7,10,13,15H,3-5,8-9H2,1-2H3. The van der Waals surface area contributed by atoms with Crippen LogP contribution in [0.3, 0.4) is 0 Å². The monoisotopic (exact) mass is 220 g/mol. The maximum atomic E-state index is 2.33. The molecule has 1 aromatic carbocycles. The molecule has 1 aromatic rings. The summed E-state index contributed by atoms with van der Waals surface area (Å²) in [5.41, 5.74) is 3.97. The summed E-state index contributed by atoms with van der Waals surface area (Å²) < 4.78 is 0. The minimum atomic E-state index is 0.985. The molecule has 1 fully saturated rings. The highest BCUT2D eigenvalue weighted by atomic mass is 31.1. The molecule has 15 heavy (non-hydrogen) atoms. The molecule has 1 aliphatic rings. The minimum absolute atomic E-state index is 0.985. The van der Waals surface area contributed by atoms with Crippen LogP contribution in [0.2, 0.25) is 0 Å². The summed E-state index contributed by atoms with van der Waals surface area (Å²) in [4.78, 5) is 0. The zero-order chi connectivity index (χ0) is 10.7. The molecule has 82 valence electrons. The van der Waals surface area contributed by atoms with Crippen LogP contribution in [0.4, 0.5) is 0 Å². The van der Waals surface area contributed by atoms with Gasteiger partial charge in [-0.1, -0.05) is 46.0 Å². The maximum absolute atomic E-state index is 2.33. The maximum Gasteiger partial charge on any atom is -0.0196 e. The fourth-order valence-electron chi connectivity index (χ4n) is 2.37. The van der Waals surface area contributed by atoms with Gasteiger partial charge < -0.3 is 0 Å². The van der Waals surface area contributed by atoms with Gasteiger partial charge in [-0.15, -0.1) is 0 Å². The van der Waals surface area contributed by atoms with E-state index >= 15 is 0 Å². The predicted octanol–water partition coefficient (Wildman–Crippen LogP) is 3.94. The fourth-order valence-corrected chi connectivity index (χ4v) is 4.12. The number of aryl methyl sites for hydroxylation is 1. The van der Waals surface area contributed by atoms with Crippen LogP contribution < -0.4 is 5.30 Å². The van der Waals surface area contributed by atoms with Crippen molar-refractivity contribution in [1.82, 2.24) is 0 Å². The van der Waals surface area contributed by atoms with Crippen molar-refractivity contribution < 1.29 is 0 Å². The van der Waals surface area contributed by atoms with Gasteiger partial charge in [0.05, 0.1) is 0 Å². The Balaban J connectivity index is 2.06. The highest BCUT2D eigenvalue weighted by molar-refractivity contribution is 7.48. The molecule has 1 heteroatoms. The molecule has 0 radical (unpaired) electrons. The summed E-state index contributed by atoms with van der Waals surface area (Å²) in [6.07, 6.45) is 7.32. The molecule has 0 saturated heterocycles. The minimum Gasteiger partial charge on any atom is -0.0869 e. The molecular weight excluding hydrogens is 199 g/mol. The summed E-state index contributed by atoms with van der Waals surface area (Å²) in [5.74, 6) is 0. The van der Waals surface area contributed by atoms with E-state index in [9.17, 15) is 0 Å². The van der Waals surface area contributed by atoms with Gasteiger partial charge in [0, 0.05) is 0 Å². The highest BCUT2D eigenvalue weighted by Crippen LogP contribution is 2.33. The first kappa shape index (κ1) is 11.1. The van der Waals surface area contributed by atoms with E-state index in [1.54, 1.807) is 5.30 Å². The van der Waals surface area contributed by atoms with E-state index in [0.29, 0.717) is 0 Å². The third kappa shape index (κ3) is 2.82. The molecule has 0 amide bonds. The molecule has 1 atom stereocenters. The molecule has 2 rings (SSSR count). The quantitative estimate of drug-likeness (QED) is 0.662. The van der Waals surface area contributed by atoms with Gasteiger partial charge in [0.25, 0.3) is 0 Å². The third-order valence-corrected chi connectivity index (χ3v) is 5.41. The number of hydrogen-bond acceptors (Lipinski definition) is 0. The Morgan fingerprint density at radius 2 is 1.80 bits per heavy atom. The molecule has 0 bridgehead atoms. The lowest BCUT2D eigenvalue weighted by atomic mass is 10.0. The Morgan fingerprint density at radius 1 is 1.07 bits per heavy atom. The van der Waals surface area contributed by atoms with Crippen LogP contribution in [0.5, 0.6) is 0 Å². The largest absolute Gasteiger partial charge is 0.0869 e. The fraction of sp³-hybridized carbons (Fsp3) is 0.571. The Kier molecular flexibility index (Phi) is 3.81. The van der Waals surface area contributed by atoms with E-state index in [1.165, 1.54) is 43.2 Å².